The Morgan fingerprint density at radius 3 is 2.59 bits per heavy atom. The van der Waals surface area contributed by atoms with Crippen molar-refractivity contribution in [2.75, 3.05) is 20.3 Å². The van der Waals surface area contributed by atoms with E-state index in [1.165, 1.54) is 35.6 Å². The molecule has 1 amide bonds. The van der Waals surface area contributed by atoms with Crippen molar-refractivity contribution in [3.05, 3.63) is 29.8 Å². The lowest BCUT2D eigenvalue weighted by atomic mass is 9.93. The molecule has 1 fully saturated rings. The van der Waals surface area contributed by atoms with Gasteiger partial charge in [0.2, 0.25) is 10.0 Å². The van der Waals surface area contributed by atoms with Crippen LogP contribution in [0, 0.1) is 5.92 Å². The van der Waals surface area contributed by atoms with Gasteiger partial charge in [0.15, 0.2) is 0 Å². The molecule has 150 valence electrons. The summed E-state index contributed by atoms with van der Waals surface area (Å²) < 4.78 is 31.7. The summed E-state index contributed by atoms with van der Waals surface area (Å²) >= 11 is 0. The van der Waals surface area contributed by atoms with E-state index in [2.05, 4.69) is 5.32 Å². The summed E-state index contributed by atoms with van der Waals surface area (Å²) in [5.41, 5.74) is 0.0937. The van der Waals surface area contributed by atoms with Crippen molar-refractivity contribution in [2.45, 2.75) is 43.7 Å². The van der Waals surface area contributed by atoms with Crippen molar-refractivity contribution in [1.29, 1.82) is 0 Å². The lowest BCUT2D eigenvalue weighted by Gasteiger charge is -2.28. The van der Waals surface area contributed by atoms with Crippen LogP contribution in [0.3, 0.4) is 0 Å². The molecule has 2 rings (SSSR count). The van der Waals surface area contributed by atoms with E-state index in [0.29, 0.717) is 13.0 Å². The zero-order valence-electron chi connectivity index (χ0n) is 15.7. The minimum absolute atomic E-state index is 0.0146. The van der Waals surface area contributed by atoms with Crippen LogP contribution in [0.15, 0.2) is 29.2 Å². The second-order valence-electron chi connectivity index (χ2n) is 6.91. The van der Waals surface area contributed by atoms with E-state index in [1.807, 2.05) is 0 Å². The van der Waals surface area contributed by atoms with Crippen molar-refractivity contribution in [2.24, 2.45) is 5.92 Å². The smallest absolute Gasteiger partial charge is 0.326 e. The highest BCUT2D eigenvalue weighted by Gasteiger charge is 2.32. The highest BCUT2D eigenvalue weighted by molar-refractivity contribution is 7.89. The van der Waals surface area contributed by atoms with Crippen LogP contribution in [-0.2, 0) is 19.6 Å². The minimum Gasteiger partial charge on any atom is -0.480 e. The molecule has 1 heterocycles. The molecule has 27 heavy (non-hydrogen) atoms. The van der Waals surface area contributed by atoms with Crippen molar-refractivity contribution < 1.29 is 27.9 Å². The molecule has 1 aromatic carbocycles. The van der Waals surface area contributed by atoms with Crippen LogP contribution in [0.5, 0.6) is 0 Å². The lowest BCUT2D eigenvalue weighted by molar-refractivity contribution is -0.142. The maximum atomic E-state index is 12.6. The van der Waals surface area contributed by atoms with Gasteiger partial charge in [0.05, 0.1) is 11.5 Å². The second kappa shape index (κ2) is 8.81. The zero-order valence-corrected chi connectivity index (χ0v) is 16.5. The second-order valence-corrected chi connectivity index (χ2v) is 8.91. The number of ether oxygens (including phenoxy) is 1. The maximum Gasteiger partial charge on any atom is 0.326 e. The molecule has 0 saturated carbocycles. The number of carboxylic acid groups (broad SMARTS) is 1. The quantitative estimate of drug-likeness (QED) is 0.716. The average Bonchev–Trinajstić information content (AvgIpc) is 2.65. The lowest BCUT2D eigenvalue weighted by Crippen LogP contribution is -2.48. The first kappa shape index (κ1) is 21.3. The first-order valence-corrected chi connectivity index (χ1v) is 10.3. The number of carbonyl (C=O) groups excluding carboxylic acids is 1. The Labute approximate surface area is 159 Å². The van der Waals surface area contributed by atoms with E-state index < -0.39 is 27.9 Å². The molecule has 1 aliphatic heterocycles. The number of nitrogens with one attached hydrogen (secondary N) is 1. The highest BCUT2D eigenvalue weighted by atomic mass is 32.2. The predicted octanol–water partition coefficient (Wildman–Crippen LogP) is 1.33. The number of nitrogens with zero attached hydrogens (tertiary/aromatic N) is 1. The van der Waals surface area contributed by atoms with Gasteiger partial charge < -0.3 is 15.2 Å². The summed E-state index contributed by atoms with van der Waals surface area (Å²) in [5, 5.41) is 12.0. The van der Waals surface area contributed by atoms with Gasteiger partial charge in [-0.25, -0.2) is 13.2 Å². The van der Waals surface area contributed by atoms with Gasteiger partial charge in [0, 0.05) is 31.2 Å². The number of hydrogen-bond acceptors (Lipinski definition) is 5. The number of benzene rings is 1. The third-order valence-corrected chi connectivity index (χ3v) is 6.75. The monoisotopic (exact) mass is 398 g/mol. The number of rotatable bonds is 7. The van der Waals surface area contributed by atoms with E-state index in [4.69, 9.17) is 4.74 Å². The van der Waals surface area contributed by atoms with Crippen LogP contribution in [0.4, 0.5) is 0 Å². The molecule has 0 aromatic heterocycles. The van der Waals surface area contributed by atoms with Crippen LogP contribution >= 0.6 is 0 Å². The number of amides is 1. The molecule has 1 aliphatic rings. The number of carboxylic acids is 1. The number of hydrogen-bond donors (Lipinski definition) is 2. The van der Waals surface area contributed by atoms with Crippen molar-refractivity contribution in [1.82, 2.24) is 9.62 Å². The third kappa shape index (κ3) is 5.06. The molecule has 0 aliphatic carbocycles. The first-order chi connectivity index (χ1) is 12.6. The van der Waals surface area contributed by atoms with Crippen molar-refractivity contribution in [3.63, 3.8) is 0 Å². The fourth-order valence-electron chi connectivity index (χ4n) is 2.88. The van der Waals surface area contributed by atoms with Gasteiger partial charge in [0.1, 0.15) is 6.04 Å². The molecule has 1 aromatic rings. The average molecular weight is 398 g/mol. The fraction of sp³-hybridized carbons (Fsp3) is 0.556. The van der Waals surface area contributed by atoms with Gasteiger partial charge in [-0.2, -0.15) is 4.31 Å². The van der Waals surface area contributed by atoms with Gasteiger partial charge in [-0.05, 0) is 44.9 Å². The van der Waals surface area contributed by atoms with Crippen LogP contribution in [0.2, 0.25) is 0 Å². The SMILES string of the molecule is CC(C)N(C)S(=O)(=O)c1cccc(C(=O)NC(C(=O)O)C2CCCOC2)c1. The van der Waals surface area contributed by atoms with Crippen LogP contribution in [-0.4, -0.2) is 62.1 Å². The van der Waals surface area contributed by atoms with Crippen molar-refractivity contribution in [3.8, 4) is 0 Å². The Morgan fingerprint density at radius 1 is 1.33 bits per heavy atom. The molecule has 8 nitrogen and oxygen atoms in total. The van der Waals surface area contributed by atoms with Crippen LogP contribution in [0.25, 0.3) is 0 Å². The predicted molar refractivity (Wildman–Crippen MR) is 99.0 cm³/mol. The maximum absolute atomic E-state index is 12.6. The fourth-order valence-corrected chi connectivity index (χ4v) is 4.29. The van der Waals surface area contributed by atoms with Gasteiger partial charge >= 0.3 is 5.97 Å². The Kier molecular flexibility index (Phi) is 6.96. The van der Waals surface area contributed by atoms with Gasteiger partial charge in [-0.1, -0.05) is 6.07 Å². The van der Waals surface area contributed by atoms with E-state index in [1.54, 1.807) is 13.8 Å². The number of aliphatic carboxylic acids is 1. The summed E-state index contributed by atoms with van der Waals surface area (Å²) in [6, 6.07) is 4.27. The van der Waals surface area contributed by atoms with E-state index >= 15 is 0 Å². The Hall–Kier alpha value is -1.97. The highest BCUT2D eigenvalue weighted by Crippen LogP contribution is 2.20. The van der Waals surface area contributed by atoms with E-state index in [0.717, 1.165) is 6.42 Å². The largest absolute Gasteiger partial charge is 0.480 e. The number of sulfonamides is 1. The Balaban J connectivity index is 2.22. The normalized spacial score (nSPS) is 19.1. The topological polar surface area (TPSA) is 113 Å². The molecule has 1 saturated heterocycles. The Bertz CT molecular complexity index is 787. The molecular formula is C18H26N2O6S. The van der Waals surface area contributed by atoms with E-state index in [9.17, 15) is 23.1 Å². The van der Waals surface area contributed by atoms with Gasteiger partial charge in [-0.3, -0.25) is 4.79 Å². The molecule has 2 unspecified atom stereocenters. The minimum atomic E-state index is -3.74. The molecule has 9 heteroatoms. The standard InChI is InChI=1S/C18H26N2O6S/c1-12(2)20(3)27(24,25)15-8-4-6-13(10-15)17(21)19-16(18(22)23)14-7-5-9-26-11-14/h4,6,8,10,12,14,16H,5,7,9,11H2,1-3H3,(H,19,21)(H,22,23). The zero-order chi connectivity index (χ0) is 20.2. The summed E-state index contributed by atoms with van der Waals surface area (Å²) in [6.07, 6.45) is 1.38. The van der Waals surface area contributed by atoms with E-state index in [-0.39, 0.29) is 29.0 Å². The van der Waals surface area contributed by atoms with Crippen LogP contribution in [0.1, 0.15) is 37.0 Å². The number of carbonyl (C=O) groups is 2. The third-order valence-electron chi connectivity index (χ3n) is 4.72. The van der Waals surface area contributed by atoms with Crippen molar-refractivity contribution >= 4 is 21.9 Å². The molecule has 0 spiro atoms. The summed E-state index contributed by atoms with van der Waals surface area (Å²) in [7, 11) is -2.27. The summed E-state index contributed by atoms with van der Waals surface area (Å²) in [5.74, 6) is -2.08. The Morgan fingerprint density at radius 2 is 2.04 bits per heavy atom. The first-order valence-electron chi connectivity index (χ1n) is 8.84. The molecule has 0 radical (unpaired) electrons. The summed E-state index contributed by atoms with van der Waals surface area (Å²) in [6.45, 7) is 4.35. The molecule has 2 N–H and O–H groups in total. The molecular weight excluding hydrogens is 372 g/mol. The molecule has 0 bridgehead atoms. The van der Waals surface area contributed by atoms with Gasteiger partial charge in [-0.15, -0.1) is 0 Å². The van der Waals surface area contributed by atoms with Gasteiger partial charge in [0.25, 0.3) is 5.91 Å². The molecule has 2 atom stereocenters. The van der Waals surface area contributed by atoms with Crippen LogP contribution < -0.4 is 5.32 Å². The summed E-state index contributed by atoms with van der Waals surface area (Å²) in [4.78, 5) is 24.1.